The molecule has 1 aromatic heterocycles. The topological polar surface area (TPSA) is 79.8 Å². The minimum absolute atomic E-state index is 0.00960. The number of rotatable bonds is 5. The first-order chi connectivity index (χ1) is 19.3. The molecule has 0 aliphatic carbocycles. The Morgan fingerprint density at radius 3 is 2.67 bits per heavy atom. The third kappa shape index (κ3) is 4.91. The van der Waals surface area contributed by atoms with Crippen LogP contribution in [0.15, 0.2) is 30.3 Å². The highest BCUT2D eigenvalue weighted by atomic mass is 19.3. The van der Waals surface area contributed by atoms with Crippen molar-refractivity contribution in [2.45, 2.75) is 45.2 Å². The van der Waals surface area contributed by atoms with Gasteiger partial charge in [0.2, 0.25) is 5.91 Å². The monoisotopic (exact) mass is 555 g/mol. The Labute approximate surface area is 230 Å². The highest BCUT2D eigenvalue weighted by Crippen LogP contribution is 2.40. The van der Waals surface area contributed by atoms with Gasteiger partial charge >= 0.3 is 0 Å². The Hall–Kier alpha value is -3.60. The number of aromatic nitrogens is 2. The van der Waals surface area contributed by atoms with E-state index in [0.29, 0.717) is 67.7 Å². The Kier molecular flexibility index (Phi) is 7.16. The van der Waals surface area contributed by atoms with E-state index in [-0.39, 0.29) is 23.4 Å². The number of ether oxygens (including phenoxy) is 2. The van der Waals surface area contributed by atoms with Crippen LogP contribution in [0.1, 0.15) is 49.2 Å². The lowest BCUT2D eigenvalue weighted by Crippen LogP contribution is -2.59. The van der Waals surface area contributed by atoms with Gasteiger partial charge in [-0.2, -0.15) is 0 Å². The standard InChI is InChI=1S/C29H32F3N5O3/c1-16(20-4-3-5-21(26(20)30)27(31)32)33-28-22-12-24-25(13-23(22)34-17(2)35-28)40-15-19-14-36(8-9-37(19)24)29(38)18-6-10-39-11-7-18/h3-5,12-13,16,18-19,27H,6-11,14-15H2,1-2H3,(H,33,34,35)/t16-,19-/m1/s1. The van der Waals surface area contributed by atoms with Crippen LogP contribution in [0.3, 0.4) is 0 Å². The van der Waals surface area contributed by atoms with Crippen LogP contribution in [-0.4, -0.2) is 66.3 Å². The molecule has 0 saturated carbocycles. The maximum absolute atomic E-state index is 14.9. The lowest BCUT2D eigenvalue weighted by Gasteiger charge is -2.46. The second kappa shape index (κ2) is 10.8. The van der Waals surface area contributed by atoms with Gasteiger partial charge in [-0.15, -0.1) is 0 Å². The number of aryl methyl sites for hydroxylation is 1. The van der Waals surface area contributed by atoms with Crippen LogP contribution >= 0.6 is 0 Å². The molecular formula is C29H32F3N5O3. The van der Waals surface area contributed by atoms with Crippen LogP contribution in [0.25, 0.3) is 10.9 Å². The Morgan fingerprint density at radius 1 is 1.12 bits per heavy atom. The molecular weight excluding hydrogens is 523 g/mol. The van der Waals surface area contributed by atoms with Gasteiger partial charge in [0.1, 0.15) is 29.8 Å². The lowest BCUT2D eigenvalue weighted by molar-refractivity contribution is -0.139. The van der Waals surface area contributed by atoms with Gasteiger partial charge in [0.05, 0.1) is 28.9 Å². The molecule has 1 N–H and O–H groups in total. The molecule has 0 radical (unpaired) electrons. The number of hydrogen-bond acceptors (Lipinski definition) is 7. The maximum Gasteiger partial charge on any atom is 0.266 e. The fourth-order valence-corrected chi connectivity index (χ4v) is 5.97. The molecule has 11 heteroatoms. The zero-order valence-electron chi connectivity index (χ0n) is 22.5. The molecule has 2 atom stereocenters. The average molecular weight is 556 g/mol. The normalized spacial score (nSPS) is 20.2. The summed E-state index contributed by atoms with van der Waals surface area (Å²) in [5.74, 6) is 0.992. The Balaban J connectivity index is 1.28. The van der Waals surface area contributed by atoms with Gasteiger partial charge in [0.15, 0.2) is 0 Å². The highest BCUT2D eigenvalue weighted by Gasteiger charge is 2.37. The zero-order valence-corrected chi connectivity index (χ0v) is 22.5. The molecule has 4 heterocycles. The number of piperazine rings is 1. The third-order valence-electron chi connectivity index (χ3n) is 8.11. The van der Waals surface area contributed by atoms with Crippen molar-refractivity contribution in [3.63, 3.8) is 0 Å². The molecule has 1 amide bonds. The molecule has 2 saturated heterocycles. The second-order valence-electron chi connectivity index (χ2n) is 10.7. The number of fused-ring (bicyclic) bond motifs is 4. The smallest absolute Gasteiger partial charge is 0.266 e. The van der Waals surface area contributed by atoms with Crippen LogP contribution in [-0.2, 0) is 9.53 Å². The molecule has 2 fully saturated rings. The number of alkyl halides is 2. The summed E-state index contributed by atoms with van der Waals surface area (Å²) in [5.41, 5.74) is 1.06. The Bertz CT molecular complexity index is 1430. The minimum atomic E-state index is -2.90. The van der Waals surface area contributed by atoms with Crippen molar-refractivity contribution in [3.8, 4) is 5.75 Å². The van der Waals surface area contributed by atoms with Gasteiger partial charge in [0.25, 0.3) is 6.43 Å². The molecule has 0 unspecified atom stereocenters. The summed E-state index contributed by atoms with van der Waals surface area (Å²) in [4.78, 5) is 26.5. The van der Waals surface area contributed by atoms with Crippen LogP contribution < -0.4 is 15.0 Å². The fraction of sp³-hybridized carbons (Fsp3) is 0.483. The van der Waals surface area contributed by atoms with Crippen LogP contribution in [0.5, 0.6) is 5.75 Å². The van der Waals surface area contributed by atoms with E-state index in [9.17, 15) is 18.0 Å². The van der Waals surface area contributed by atoms with E-state index in [1.165, 1.54) is 12.1 Å². The largest absolute Gasteiger partial charge is 0.489 e. The molecule has 0 spiro atoms. The summed E-state index contributed by atoms with van der Waals surface area (Å²) in [6.45, 7) is 7.06. The van der Waals surface area contributed by atoms with Crippen LogP contribution in [0, 0.1) is 18.7 Å². The third-order valence-corrected chi connectivity index (χ3v) is 8.11. The van der Waals surface area contributed by atoms with Gasteiger partial charge in [-0.1, -0.05) is 18.2 Å². The first-order valence-corrected chi connectivity index (χ1v) is 13.7. The molecule has 40 heavy (non-hydrogen) atoms. The number of halogens is 3. The van der Waals surface area contributed by atoms with Gasteiger partial charge < -0.3 is 24.6 Å². The first-order valence-electron chi connectivity index (χ1n) is 13.7. The number of hydrogen-bond donors (Lipinski definition) is 1. The number of nitrogens with zero attached hydrogens (tertiary/aromatic N) is 4. The molecule has 3 aromatic rings. The SMILES string of the molecule is Cc1nc(N[C@H](C)c2cccc(C(F)F)c2F)c2cc3c(cc2n1)OC[C@H]1CN(C(=O)C2CCOCC2)CCN31. The number of amides is 1. The molecule has 0 bridgehead atoms. The molecule has 6 rings (SSSR count). The summed E-state index contributed by atoms with van der Waals surface area (Å²) in [6, 6.07) is 7.25. The molecule has 212 valence electrons. The summed E-state index contributed by atoms with van der Waals surface area (Å²) >= 11 is 0. The van der Waals surface area contributed by atoms with Gasteiger partial charge in [0, 0.05) is 55.8 Å². The van der Waals surface area contributed by atoms with Crippen LogP contribution in [0.2, 0.25) is 0 Å². The summed E-state index contributed by atoms with van der Waals surface area (Å²) in [7, 11) is 0. The van der Waals surface area contributed by atoms with E-state index < -0.39 is 23.8 Å². The summed E-state index contributed by atoms with van der Waals surface area (Å²) < 4.78 is 53.0. The van der Waals surface area contributed by atoms with Crippen molar-refractivity contribution in [3.05, 3.63) is 53.1 Å². The number of anilines is 2. The Morgan fingerprint density at radius 2 is 1.90 bits per heavy atom. The summed E-state index contributed by atoms with van der Waals surface area (Å²) in [6.07, 6.45) is -1.38. The maximum atomic E-state index is 14.9. The quantitative estimate of drug-likeness (QED) is 0.474. The average Bonchev–Trinajstić information content (AvgIpc) is 2.95. The minimum Gasteiger partial charge on any atom is -0.489 e. The van der Waals surface area contributed by atoms with Crippen molar-refractivity contribution in [2.75, 3.05) is 49.7 Å². The number of nitrogens with one attached hydrogen (secondary N) is 1. The lowest BCUT2D eigenvalue weighted by atomic mass is 9.97. The number of benzene rings is 2. The van der Waals surface area contributed by atoms with Crippen molar-refractivity contribution < 1.29 is 27.4 Å². The van der Waals surface area contributed by atoms with Gasteiger partial charge in [-0.05, 0) is 32.8 Å². The van der Waals surface area contributed by atoms with Crippen molar-refractivity contribution >= 4 is 28.3 Å². The molecule has 3 aliphatic heterocycles. The second-order valence-corrected chi connectivity index (χ2v) is 10.7. The van der Waals surface area contributed by atoms with Gasteiger partial charge in [-0.25, -0.2) is 23.1 Å². The van der Waals surface area contributed by atoms with Crippen molar-refractivity contribution in [1.29, 1.82) is 0 Å². The first kappa shape index (κ1) is 26.6. The van der Waals surface area contributed by atoms with Gasteiger partial charge in [-0.3, -0.25) is 4.79 Å². The predicted octanol–water partition coefficient (Wildman–Crippen LogP) is 5.02. The number of carbonyl (C=O) groups is 1. The summed E-state index contributed by atoms with van der Waals surface area (Å²) in [5, 5.41) is 3.94. The van der Waals surface area contributed by atoms with E-state index in [1.807, 2.05) is 17.0 Å². The molecule has 8 nitrogen and oxygen atoms in total. The van der Waals surface area contributed by atoms with Crippen molar-refractivity contribution in [1.82, 2.24) is 14.9 Å². The van der Waals surface area contributed by atoms with Crippen LogP contribution in [0.4, 0.5) is 24.7 Å². The van der Waals surface area contributed by atoms with E-state index >= 15 is 0 Å². The zero-order chi connectivity index (χ0) is 28.0. The number of carbonyl (C=O) groups excluding carboxylic acids is 1. The van der Waals surface area contributed by atoms with E-state index in [4.69, 9.17) is 9.47 Å². The fourth-order valence-electron chi connectivity index (χ4n) is 5.97. The molecule has 3 aliphatic rings. The van der Waals surface area contributed by atoms with E-state index in [2.05, 4.69) is 20.2 Å². The highest BCUT2D eigenvalue weighted by molar-refractivity contribution is 5.94. The molecule has 2 aromatic carbocycles. The predicted molar refractivity (Wildman–Crippen MR) is 144 cm³/mol. The van der Waals surface area contributed by atoms with Crippen molar-refractivity contribution in [2.24, 2.45) is 5.92 Å². The van der Waals surface area contributed by atoms with E-state index in [1.54, 1.807) is 13.8 Å². The van der Waals surface area contributed by atoms with E-state index in [0.717, 1.165) is 24.6 Å².